The topological polar surface area (TPSA) is 54.8 Å². The normalized spacial score (nSPS) is 21.3. The van der Waals surface area contributed by atoms with E-state index in [1.165, 1.54) is 23.7 Å². The number of carbonyl (C=O) groups is 1. The number of rotatable bonds is 3. The van der Waals surface area contributed by atoms with Crippen molar-refractivity contribution in [1.29, 1.82) is 0 Å². The molecule has 6 rings (SSSR count). The summed E-state index contributed by atoms with van der Waals surface area (Å²) in [5, 5.41) is 9.19. The quantitative estimate of drug-likeness (QED) is 0.331. The maximum absolute atomic E-state index is 14.1. The molecule has 4 aromatic rings. The maximum atomic E-state index is 14.1. The van der Waals surface area contributed by atoms with Gasteiger partial charge in [0.2, 0.25) is 5.78 Å². The van der Waals surface area contributed by atoms with Gasteiger partial charge in [0.05, 0.1) is 21.4 Å². The second-order valence-electron chi connectivity index (χ2n) is 7.69. The Morgan fingerprint density at radius 1 is 0.939 bits per heavy atom. The number of ketones is 1. The van der Waals surface area contributed by atoms with E-state index in [4.69, 9.17) is 33.0 Å². The molecular formula is C25H15Cl2N3O2S. The Balaban J connectivity index is 1.67. The van der Waals surface area contributed by atoms with Crippen molar-refractivity contribution in [2.75, 3.05) is 5.01 Å². The number of anilines is 1. The molecule has 4 heterocycles. The largest absolute Gasteiger partial charge is 0.455 e. The van der Waals surface area contributed by atoms with E-state index in [0.29, 0.717) is 31.9 Å². The lowest BCUT2D eigenvalue weighted by Gasteiger charge is -2.36. The molecule has 0 amide bonds. The summed E-state index contributed by atoms with van der Waals surface area (Å²) in [5.74, 6) is -0.350. The molecule has 8 heteroatoms. The Hall–Kier alpha value is -3.19. The second-order valence-corrected chi connectivity index (χ2v) is 9.42. The summed E-state index contributed by atoms with van der Waals surface area (Å²) in [6.07, 6.45) is 3.05. The van der Waals surface area contributed by atoms with Gasteiger partial charge >= 0.3 is 0 Å². The van der Waals surface area contributed by atoms with Crippen LogP contribution in [0.25, 0.3) is 0 Å². The van der Waals surface area contributed by atoms with Crippen molar-refractivity contribution in [3.63, 3.8) is 0 Å². The van der Waals surface area contributed by atoms with Crippen molar-refractivity contribution in [2.45, 2.75) is 11.6 Å². The molecule has 2 aromatic carbocycles. The molecule has 162 valence electrons. The minimum absolute atomic E-state index is 0.181. The molecule has 0 radical (unpaired) electrons. The van der Waals surface area contributed by atoms with Crippen LogP contribution in [0.3, 0.4) is 0 Å². The van der Waals surface area contributed by atoms with Crippen LogP contribution in [0.5, 0.6) is 5.75 Å². The molecule has 0 bridgehead atoms. The fraction of sp³-hybridized carbons (Fsp3) is 0.0800. The van der Waals surface area contributed by atoms with Crippen molar-refractivity contribution < 1.29 is 9.53 Å². The molecule has 2 atom stereocenters. The van der Waals surface area contributed by atoms with Crippen molar-refractivity contribution in [3.05, 3.63) is 111 Å². The lowest BCUT2D eigenvalue weighted by molar-refractivity contribution is 0.0547. The van der Waals surface area contributed by atoms with E-state index in [1.807, 2.05) is 72.1 Å². The van der Waals surface area contributed by atoms with Gasteiger partial charge in [0, 0.05) is 18.0 Å². The van der Waals surface area contributed by atoms with E-state index in [0.717, 1.165) is 11.3 Å². The van der Waals surface area contributed by atoms with Gasteiger partial charge in [0.1, 0.15) is 16.5 Å². The summed E-state index contributed by atoms with van der Waals surface area (Å²) in [5.41, 5.74) is 1.24. The third-order valence-electron chi connectivity index (χ3n) is 5.86. The highest BCUT2D eigenvalue weighted by Crippen LogP contribution is 2.54. The van der Waals surface area contributed by atoms with Crippen LogP contribution in [0, 0.1) is 0 Å². The van der Waals surface area contributed by atoms with E-state index in [2.05, 4.69) is 4.98 Å². The van der Waals surface area contributed by atoms with Crippen LogP contribution in [-0.4, -0.2) is 22.2 Å². The fourth-order valence-corrected chi connectivity index (χ4v) is 5.87. The van der Waals surface area contributed by atoms with Gasteiger partial charge in [-0.15, -0.1) is 11.3 Å². The lowest BCUT2D eigenvalue weighted by atomic mass is 9.80. The van der Waals surface area contributed by atoms with Gasteiger partial charge in [-0.1, -0.05) is 71.7 Å². The first-order valence-electron chi connectivity index (χ1n) is 10.2. The fourth-order valence-electron chi connectivity index (χ4n) is 4.48. The number of pyridine rings is 1. The summed E-state index contributed by atoms with van der Waals surface area (Å²) in [7, 11) is 0. The smallest absolute Gasteiger partial charge is 0.279 e. The van der Waals surface area contributed by atoms with Gasteiger partial charge in [-0.3, -0.25) is 9.78 Å². The summed E-state index contributed by atoms with van der Waals surface area (Å²) in [6, 6.07) is 21.0. The number of fused-ring (bicyclic) bond motifs is 1. The Labute approximate surface area is 203 Å². The standard InChI is InChI=1S/C25H15Cl2N3O2S/c26-17-13-28-14-18(27)20(17)21-22(15-7-3-1-4-8-15)29-30(16-9-5-2-6-10-16)25(21)24(31)23-19(32-25)11-12-33-23/h1-14,21H. The van der Waals surface area contributed by atoms with Crippen LogP contribution < -0.4 is 9.75 Å². The van der Waals surface area contributed by atoms with Crippen LogP contribution in [0.15, 0.2) is 89.6 Å². The highest BCUT2D eigenvalue weighted by atomic mass is 35.5. The second kappa shape index (κ2) is 7.70. The first-order valence-corrected chi connectivity index (χ1v) is 11.8. The number of hydrogen-bond acceptors (Lipinski definition) is 6. The van der Waals surface area contributed by atoms with Crippen LogP contribution in [0.4, 0.5) is 5.69 Å². The first kappa shape index (κ1) is 20.4. The van der Waals surface area contributed by atoms with Crippen LogP contribution in [0.1, 0.15) is 26.7 Å². The number of hydrogen-bond donors (Lipinski definition) is 0. The number of Topliss-reactive ketones (excluding diaryl/α,β-unsaturated/α-hetero) is 1. The number of nitrogens with zero attached hydrogens (tertiary/aromatic N) is 3. The number of para-hydroxylation sites is 1. The maximum Gasteiger partial charge on any atom is 0.279 e. The minimum Gasteiger partial charge on any atom is -0.455 e. The molecule has 1 spiro atoms. The first-order chi connectivity index (χ1) is 16.1. The summed E-state index contributed by atoms with van der Waals surface area (Å²) in [4.78, 5) is 18.8. The Bertz CT molecular complexity index is 1390. The molecule has 2 aliphatic heterocycles. The van der Waals surface area contributed by atoms with E-state index >= 15 is 0 Å². The lowest BCUT2D eigenvalue weighted by Crippen LogP contribution is -2.56. The molecule has 5 nitrogen and oxygen atoms in total. The molecule has 33 heavy (non-hydrogen) atoms. The van der Waals surface area contributed by atoms with Crippen LogP contribution in [0.2, 0.25) is 10.0 Å². The van der Waals surface area contributed by atoms with Crippen LogP contribution >= 0.6 is 34.5 Å². The molecule has 0 fully saturated rings. The predicted octanol–water partition coefficient (Wildman–Crippen LogP) is 6.43. The number of hydrazone groups is 1. The third kappa shape index (κ3) is 2.95. The Kier molecular flexibility index (Phi) is 4.76. The molecule has 0 saturated heterocycles. The van der Waals surface area contributed by atoms with Crippen LogP contribution in [-0.2, 0) is 0 Å². The molecule has 2 aromatic heterocycles. The summed E-state index contributed by atoms with van der Waals surface area (Å²) >= 11 is 14.7. The van der Waals surface area contributed by atoms with E-state index < -0.39 is 11.6 Å². The average Bonchev–Trinajstić information content (AvgIpc) is 3.50. The van der Waals surface area contributed by atoms with Gasteiger partial charge in [-0.25, -0.2) is 5.01 Å². The summed E-state index contributed by atoms with van der Waals surface area (Å²) < 4.78 is 6.54. The SMILES string of the molecule is O=C1c2sccc2OC12C(c1c(Cl)cncc1Cl)C(c1ccccc1)=NN2c1ccccc1. The van der Waals surface area contributed by atoms with Crippen molar-refractivity contribution in [1.82, 2.24) is 4.98 Å². The molecule has 2 unspecified atom stereocenters. The molecule has 0 N–H and O–H groups in total. The number of carbonyl (C=O) groups excluding carboxylic acids is 1. The monoisotopic (exact) mass is 491 g/mol. The third-order valence-corrected chi connectivity index (χ3v) is 7.36. The number of benzene rings is 2. The van der Waals surface area contributed by atoms with Crippen molar-refractivity contribution in [2.24, 2.45) is 5.10 Å². The zero-order valence-corrected chi connectivity index (χ0v) is 19.3. The van der Waals surface area contributed by atoms with Gasteiger partial charge in [0.15, 0.2) is 0 Å². The van der Waals surface area contributed by atoms with Crippen molar-refractivity contribution >= 4 is 51.7 Å². The molecule has 0 aliphatic carbocycles. The van der Waals surface area contributed by atoms with Crippen molar-refractivity contribution in [3.8, 4) is 5.75 Å². The van der Waals surface area contributed by atoms with Gasteiger partial charge in [0.25, 0.3) is 5.72 Å². The predicted molar refractivity (Wildman–Crippen MR) is 131 cm³/mol. The van der Waals surface area contributed by atoms with Gasteiger partial charge in [-0.05, 0) is 29.1 Å². The Morgan fingerprint density at radius 3 is 2.27 bits per heavy atom. The number of halogens is 2. The number of ether oxygens (including phenoxy) is 1. The minimum atomic E-state index is -1.51. The summed E-state index contributed by atoms with van der Waals surface area (Å²) in [6.45, 7) is 0. The van der Waals surface area contributed by atoms with Gasteiger partial charge in [-0.2, -0.15) is 5.10 Å². The van der Waals surface area contributed by atoms with E-state index in [9.17, 15) is 4.79 Å². The molecule has 0 saturated carbocycles. The van der Waals surface area contributed by atoms with E-state index in [1.54, 1.807) is 5.01 Å². The highest BCUT2D eigenvalue weighted by molar-refractivity contribution is 7.12. The molecule has 2 aliphatic rings. The zero-order valence-electron chi connectivity index (χ0n) is 17.0. The zero-order chi connectivity index (χ0) is 22.6. The number of aromatic nitrogens is 1. The molecular weight excluding hydrogens is 477 g/mol. The number of thiophene rings is 1. The van der Waals surface area contributed by atoms with E-state index in [-0.39, 0.29) is 5.78 Å². The Morgan fingerprint density at radius 2 is 1.61 bits per heavy atom. The average molecular weight is 492 g/mol. The highest BCUT2D eigenvalue weighted by Gasteiger charge is 2.65. The van der Waals surface area contributed by atoms with Gasteiger partial charge < -0.3 is 4.74 Å².